The van der Waals surface area contributed by atoms with Gasteiger partial charge in [0.05, 0.1) is 23.0 Å². The minimum absolute atomic E-state index is 0.0368. The number of aryl methyl sites for hydroxylation is 1. The van der Waals surface area contributed by atoms with Crippen molar-refractivity contribution < 1.29 is 13.9 Å². The van der Waals surface area contributed by atoms with Gasteiger partial charge in [0, 0.05) is 24.0 Å². The summed E-state index contributed by atoms with van der Waals surface area (Å²) in [5, 5.41) is 4.29. The van der Waals surface area contributed by atoms with E-state index in [4.69, 9.17) is 9.47 Å². The molecule has 1 aliphatic carbocycles. The number of hydrogen-bond acceptors (Lipinski definition) is 6. The van der Waals surface area contributed by atoms with Crippen LogP contribution in [0.25, 0.3) is 10.9 Å². The number of anilines is 2. The van der Waals surface area contributed by atoms with Crippen molar-refractivity contribution in [1.82, 2.24) is 9.97 Å². The number of rotatable bonds is 5. The van der Waals surface area contributed by atoms with Crippen molar-refractivity contribution in [3.8, 4) is 5.75 Å². The maximum absolute atomic E-state index is 14.1. The number of hydrogen-bond donors (Lipinski definition) is 1. The van der Waals surface area contributed by atoms with Gasteiger partial charge in [-0.3, -0.25) is 0 Å². The van der Waals surface area contributed by atoms with E-state index >= 15 is 0 Å². The number of nitrogens with one attached hydrogen (secondary N) is 1. The maximum atomic E-state index is 14.1. The molecular formula is C24H27FN4O2S. The fourth-order valence-electron chi connectivity index (χ4n) is 4.80. The van der Waals surface area contributed by atoms with Gasteiger partial charge in [0.25, 0.3) is 0 Å². The molecule has 3 atom stereocenters. The molecule has 2 aliphatic rings. The highest BCUT2D eigenvalue weighted by Crippen LogP contribution is 2.40. The maximum Gasteiger partial charge on any atom is 0.146 e. The van der Waals surface area contributed by atoms with Crippen LogP contribution in [0.2, 0.25) is 0 Å². The van der Waals surface area contributed by atoms with E-state index in [-0.39, 0.29) is 28.7 Å². The van der Waals surface area contributed by atoms with Gasteiger partial charge >= 0.3 is 0 Å². The van der Waals surface area contributed by atoms with Gasteiger partial charge in [-0.05, 0) is 68.5 Å². The lowest BCUT2D eigenvalue weighted by Crippen LogP contribution is -2.24. The van der Waals surface area contributed by atoms with E-state index in [0.29, 0.717) is 23.2 Å². The van der Waals surface area contributed by atoms with Crippen LogP contribution in [0.1, 0.15) is 24.8 Å². The van der Waals surface area contributed by atoms with E-state index < -0.39 is 0 Å². The topological polar surface area (TPSA) is 68.6 Å². The highest BCUT2D eigenvalue weighted by molar-refractivity contribution is 7.85. The van der Waals surface area contributed by atoms with Crippen LogP contribution in [0.4, 0.5) is 21.6 Å². The second-order valence-corrected chi connectivity index (χ2v) is 10.3. The zero-order valence-electron chi connectivity index (χ0n) is 18.5. The summed E-state index contributed by atoms with van der Waals surface area (Å²) in [7, 11) is -0.0597. The van der Waals surface area contributed by atoms with Gasteiger partial charge < -0.3 is 14.8 Å². The first kappa shape index (κ1) is 21.3. The Morgan fingerprint density at radius 2 is 2.03 bits per heavy atom. The van der Waals surface area contributed by atoms with Gasteiger partial charge in [-0.2, -0.15) is 0 Å². The van der Waals surface area contributed by atoms with Gasteiger partial charge in [-0.1, -0.05) is 0 Å². The van der Waals surface area contributed by atoms with Crippen LogP contribution in [0.15, 0.2) is 41.0 Å². The Kier molecular flexibility index (Phi) is 5.82. The molecule has 5 rings (SSSR count). The molecule has 8 heteroatoms. The number of halogens is 1. The minimum atomic E-state index is -0.327. The zero-order chi connectivity index (χ0) is 22.2. The molecule has 1 N–H and O–H groups in total. The molecule has 6 nitrogen and oxygen atoms in total. The standard InChI is InChI=1S/C24H27FN4O2S/c1-14-10-16(29-32(2)3)12-19-23(14)24(27-13-26-19)28-18-5-4-15(25)11-22(18)31-21-7-6-20-17(21)8-9-30-20/h4-5,10-13,17,20-21H,6-9H2,1-3H3,(H,26,27,28)/t17?,20-,21+/m0/s1. The highest BCUT2D eigenvalue weighted by atomic mass is 32.2. The molecule has 0 bridgehead atoms. The molecule has 168 valence electrons. The molecule has 0 amide bonds. The Morgan fingerprint density at radius 1 is 1.16 bits per heavy atom. The molecule has 1 saturated heterocycles. The number of fused-ring (bicyclic) bond motifs is 2. The van der Waals surface area contributed by atoms with Crippen molar-refractivity contribution in [3.63, 3.8) is 0 Å². The van der Waals surface area contributed by atoms with Crippen LogP contribution < -0.4 is 10.1 Å². The van der Waals surface area contributed by atoms with E-state index in [1.807, 2.05) is 19.1 Å². The smallest absolute Gasteiger partial charge is 0.146 e. The van der Waals surface area contributed by atoms with Crippen molar-refractivity contribution in [1.29, 1.82) is 0 Å². The molecule has 1 saturated carbocycles. The second-order valence-electron chi connectivity index (χ2n) is 8.60. The average molecular weight is 455 g/mol. The summed E-state index contributed by atoms with van der Waals surface area (Å²) in [6, 6.07) is 8.60. The first-order chi connectivity index (χ1) is 15.5. The summed E-state index contributed by atoms with van der Waals surface area (Å²) in [6.07, 6.45) is 8.90. The summed E-state index contributed by atoms with van der Waals surface area (Å²) in [5.41, 5.74) is 3.44. The molecule has 32 heavy (non-hydrogen) atoms. The van der Waals surface area contributed by atoms with Gasteiger partial charge in [0.15, 0.2) is 0 Å². The summed E-state index contributed by atoms with van der Waals surface area (Å²) < 4.78 is 30.9. The third kappa shape index (κ3) is 4.21. The Labute approximate surface area is 189 Å². The molecule has 0 spiro atoms. The zero-order valence-corrected chi connectivity index (χ0v) is 19.3. The molecule has 2 heterocycles. The third-order valence-electron chi connectivity index (χ3n) is 6.16. The van der Waals surface area contributed by atoms with E-state index in [1.54, 1.807) is 6.07 Å². The fourth-order valence-corrected chi connectivity index (χ4v) is 5.32. The lowest BCUT2D eigenvalue weighted by Gasteiger charge is -2.22. The molecule has 2 aromatic carbocycles. The van der Waals surface area contributed by atoms with Crippen LogP contribution in [-0.4, -0.2) is 41.3 Å². The number of aromatic nitrogens is 2. The monoisotopic (exact) mass is 454 g/mol. The van der Waals surface area contributed by atoms with Crippen LogP contribution in [0.5, 0.6) is 5.75 Å². The quantitative estimate of drug-likeness (QED) is 0.554. The van der Waals surface area contributed by atoms with Gasteiger partial charge in [0.2, 0.25) is 0 Å². The lowest BCUT2D eigenvalue weighted by atomic mass is 10.0. The lowest BCUT2D eigenvalue weighted by molar-refractivity contribution is 0.0894. The Bertz CT molecular complexity index is 1200. The molecule has 2 fully saturated rings. The van der Waals surface area contributed by atoms with Gasteiger partial charge in [-0.25, -0.2) is 18.7 Å². The van der Waals surface area contributed by atoms with E-state index in [1.165, 1.54) is 18.5 Å². The Hall–Kier alpha value is -2.58. The van der Waals surface area contributed by atoms with Crippen molar-refractivity contribution in [2.45, 2.75) is 38.4 Å². The molecule has 0 radical (unpaired) electrons. The minimum Gasteiger partial charge on any atom is -0.488 e. The second kappa shape index (κ2) is 8.75. The Balaban J connectivity index is 1.48. The van der Waals surface area contributed by atoms with Crippen LogP contribution >= 0.6 is 0 Å². The van der Waals surface area contributed by atoms with Crippen molar-refractivity contribution in [2.24, 2.45) is 10.3 Å². The fraction of sp³-hybridized carbons (Fsp3) is 0.417. The predicted molar refractivity (Wildman–Crippen MR) is 127 cm³/mol. The summed E-state index contributed by atoms with van der Waals surface area (Å²) in [5.74, 6) is 1.21. The SMILES string of the molecule is Cc1cc(N=S(C)C)cc2ncnc(Nc3ccc(F)cc3O[C@@H]3CC[C@@H]4OCCC43)c12. The molecular weight excluding hydrogens is 427 g/mol. The predicted octanol–water partition coefficient (Wildman–Crippen LogP) is 5.46. The van der Waals surface area contributed by atoms with E-state index in [2.05, 4.69) is 32.2 Å². The normalized spacial score (nSPS) is 22.3. The first-order valence-electron chi connectivity index (χ1n) is 10.9. The van der Waals surface area contributed by atoms with Gasteiger partial charge in [-0.15, -0.1) is 10.7 Å². The number of benzene rings is 2. The van der Waals surface area contributed by atoms with Crippen molar-refractivity contribution >= 4 is 38.8 Å². The third-order valence-corrected chi connectivity index (χ3v) is 6.73. The number of ether oxygens (including phenoxy) is 2. The largest absolute Gasteiger partial charge is 0.488 e. The highest BCUT2D eigenvalue weighted by Gasteiger charge is 2.42. The van der Waals surface area contributed by atoms with Gasteiger partial charge in [0.1, 0.15) is 29.8 Å². The number of nitrogens with zero attached hydrogens (tertiary/aromatic N) is 3. The van der Waals surface area contributed by atoms with E-state index in [9.17, 15) is 4.39 Å². The van der Waals surface area contributed by atoms with Crippen molar-refractivity contribution in [3.05, 3.63) is 48.0 Å². The van der Waals surface area contributed by atoms with Crippen LogP contribution in [0, 0.1) is 18.7 Å². The first-order valence-corrected chi connectivity index (χ1v) is 12.9. The molecule has 1 aliphatic heterocycles. The van der Waals surface area contributed by atoms with Crippen molar-refractivity contribution in [2.75, 3.05) is 24.4 Å². The molecule has 3 aromatic rings. The molecule has 1 aromatic heterocycles. The summed E-state index contributed by atoms with van der Waals surface area (Å²) in [6.45, 7) is 2.81. The van der Waals surface area contributed by atoms with Crippen LogP contribution in [-0.2, 0) is 15.4 Å². The van der Waals surface area contributed by atoms with E-state index in [0.717, 1.165) is 48.0 Å². The Morgan fingerprint density at radius 3 is 2.88 bits per heavy atom. The average Bonchev–Trinajstić information content (AvgIpc) is 3.34. The van der Waals surface area contributed by atoms with Crippen LogP contribution in [0.3, 0.4) is 0 Å². The summed E-state index contributed by atoms with van der Waals surface area (Å²) in [4.78, 5) is 8.94. The summed E-state index contributed by atoms with van der Waals surface area (Å²) >= 11 is 0. The molecule has 1 unspecified atom stereocenters.